The van der Waals surface area contributed by atoms with Gasteiger partial charge in [-0.25, -0.2) is 4.79 Å². The predicted octanol–water partition coefficient (Wildman–Crippen LogP) is 3.55. The average Bonchev–Trinajstić information content (AvgIpc) is 2.35. The molecule has 1 atom stereocenters. The first kappa shape index (κ1) is 16.1. The zero-order valence-corrected chi connectivity index (χ0v) is 11.3. The van der Waals surface area contributed by atoms with Crippen molar-refractivity contribution >= 4 is 11.7 Å². The molecule has 4 nitrogen and oxygen atoms in total. The maximum atomic E-state index is 12.0. The van der Waals surface area contributed by atoms with Gasteiger partial charge in [-0.3, -0.25) is 0 Å². The van der Waals surface area contributed by atoms with E-state index in [1.165, 1.54) is 18.2 Å². The molecule has 0 aliphatic rings. The van der Waals surface area contributed by atoms with Gasteiger partial charge in [-0.2, -0.15) is 13.2 Å². The van der Waals surface area contributed by atoms with Gasteiger partial charge in [0.1, 0.15) is 5.75 Å². The summed E-state index contributed by atoms with van der Waals surface area (Å²) in [5.74, 6) is 0.0451. The van der Waals surface area contributed by atoms with Crippen LogP contribution in [-0.2, 0) is 0 Å². The van der Waals surface area contributed by atoms with Crippen LogP contribution in [0.25, 0.3) is 0 Å². The number of halogens is 3. The summed E-state index contributed by atoms with van der Waals surface area (Å²) >= 11 is 0. The summed E-state index contributed by atoms with van der Waals surface area (Å²) in [5.41, 5.74) is 0.366. The highest BCUT2D eigenvalue weighted by Crippen LogP contribution is 2.21. The average molecular weight is 290 g/mol. The highest BCUT2D eigenvalue weighted by molar-refractivity contribution is 5.89. The zero-order chi connectivity index (χ0) is 15.2. The highest BCUT2D eigenvalue weighted by atomic mass is 19.4. The number of rotatable bonds is 5. The molecule has 1 rings (SSSR count). The second-order valence-electron chi connectivity index (χ2n) is 4.34. The second-order valence-corrected chi connectivity index (χ2v) is 4.34. The minimum Gasteiger partial charge on any atom is -0.484 e. The van der Waals surface area contributed by atoms with E-state index in [0.717, 1.165) is 6.42 Å². The molecule has 1 unspecified atom stereocenters. The lowest BCUT2D eigenvalue weighted by atomic mass is 10.2. The van der Waals surface area contributed by atoms with Crippen LogP contribution in [-0.4, -0.2) is 24.9 Å². The smallest absolute Gasteiger partial charge is 0.422 e. The van der Waals surface area contributed by atoms with Gasteiger partial charge in [-0.1, -0.05) is 13.0 Å². The third-order valence-electron chi connectivity index (χ3n) is 2.48. The third kappa shape index (κ3) is 6.31. The van der Waals surface area contributed by atoms with Gasteiger partial charge in [0.15, 0.2) is 6.61 Å². The normalized spacial score (nSPS) is 12.7. The number of hydrogen-bond acceptors (Lipinski definition) is 2. The Balaban J connectivity index is 2.57. The molecule has 7 heteroatoms. The van der Waals surface area contributed by atoms with Crippen LogP contribution in [0.4, 0.5) is 23.7 Å². The van der Waals surface area contributed by atoms with Crippen LogP contribution in [0.2, 0.25) is 0 Å². The molecular formula is C13H17F3N2O2. The van der Waals surface area contributed by atoms with Gasteiger partial charge in [0.25, 0.3) is 0 Å². The Morgan fingerprint density at radius 2 is 2.10 bits per heavy atom. The van der Waals surface area contributed by atoms with Crippen LogP contribution in [0.3, 0.4) is 0 Å². The number of anilines is 1. The van der Waals surface area contributed by atoms with E-state index in [1.54, 1.807) is 6.07 Å². The molecule has 1 aromatic carbocycles. The van der Waals surface area contributed by atoms with Crippen molar-refractivity contribution in [2.75, 3.05) is 11.9 Å². The largest absolute Gasteiger partial charge is 0.484 e. The first-order valence-electron chi connectivity index (χ1n) is 6.17. The maximum absolute atomic E-state index is 12.0. The van der Waals surface area contributed by atoms with Crippen molar-refractivity contribution in [3.05, 3.63) is 24.3 Å². The van der Waals surface area contributed by atoms with E-state index in [2.05, 4.69) is 15.4 Å². The van der Waals surface area contributed by atoms with E-state index in [1.807, 2.05) is 13.8 Å². The van der Waals surface area contributed by atoms with Gasteiger partial charge < -0.3 is 15.4 Å². The molecule has 112 valence electrons. The Morgan fingerprint density at radius 3 is 2.70 bits per heavy atom. The summed E-state index contributed by atoms with van der Waals surface area (Å²) in [7, 11) is 0. The minimum atomic E-state index is -4.39. The van der Waals surface area contributed by atoms with Crippen molar-refractivity contribution in [1.82, 2.24) is 5.32 Å². The van der Waals surface area contributed by atoms with Crippen LogP contribution in [0.15, 0.2) is 24.3 Å². The van der Waals surface area contributed by atoms with E-state index < -0.39 is 18.8 Å². The molecule has 0 fully saturated rings. The molecule has 20 heavy (non-hydrogen) atoms. The van der Waals surface area contributed by atoms with Gasteiger partial charge in [0.2, 0.25) is 0 Å². The number of alkyl halides is 3. The number of ether oxygens (including phenoxy) is 1. The van der Waals surface area contributed by atoms with Crippen LogP contribution in [0.5, 0.6) is 5.75 Å². The lowest BCUT2D eigenvalue weighted by Gasteiger charge is -2.13. The van der Waals surface area contributed by atoms with Crippen molar-refractivity contribution in [3.63, 3.8) is 0 Å². The summed E-state index contributed by atoms with van der Waals surface area (Å²) in [6.45, 7) is 2.41. The molecule has 0 spiro atoms. The second kappa shape index (κ2) is 7.02. The number of benzene rings is 1. The van der Waals surface area contributed by atoms with Gasteiger partial charge in [0, 0.05) is 17.8 Å². The van der Waals surface area contributed by atoms with Crippen LogP contribution >= 0.6 is 0 Å². The number of amides is 2. The Kier molecular flexibility index (Phi) is 5.66. The van der Waals surface area contributed by atoms with Crippen LogP contribution in [0, 0.1) is 0 Å². The third-order valence-corrected chi connectivity index (χ3v) is 2.48. The quantitative estimate of drug-likeness (QED) is 0.871. The predicted molar refractivity (Wildman–Crippen MR) is 69.9 cm³/mol. The van der Waals surface area contributed by atoms with Gasteiger partial charge in [0.05, 0.1) is 0 Å². The summed E-state index contributed by atoms with van der Waals surface area (Å²) in [6, 6.07) is 5.40. The lowest BCUT2D eigenvalue weighted by Crippen LogP contribution is -2.35. The van der Waals surface area contributed by atoms with E-state index in [4.69, 9.17) is 0 Å². The van der Waals surface area contributed by atoms with E-state index >= 15 is 0 Å². The number of carbonyl (C=O) groups excluding carboxylic acids is 1. The standard InChI is InChI=1S/C13H17F3N2O2/c1-3-9(2)17-12(19)18-10-5-4-6-11(7-10)20-8-13(14,15)16/h4-7,9H,3,8H2,1-2H3,(H2,17,18,19). The van der Waals surface area contributed by atoms with Gasteiger partial charge in [-0.05, 0) is 25.5 Å². The van der Waals surface area contributed by atoms with Gasteiger partial charge in [-0.15, -0.1) is 0 Å². The molecule has 1 aromatic rings. The number of carbonyl (C=O) groups is 1. The first-order valence-corrected chi connectivity index (χ1v) is 6.17. The monoisotopic (exact) mass is 290 g/mol. The van der Waals surface area contributed by atoms with E-state index in [-0.39, 0.29) is 11.8 Å². The maximum Gasteiger partial charge on any atom is 0.422 e. The summed E-state index contributed by atoms with van der Waals surface area (Å²) < 4.78 is 40.7. The minimum absolute atomic E-state index is 0.0136. The molecule has 0 bridgehead atoms. The number of urea groups is 1. The molecule has 0 aliphatic heterocycles. The molecule has 0 aliphatic carbocycles. The number of nitrogens with one attached hydrogen (secondary N) is 2. The molecule has 0 radical (unpaired) electrons. The molecule has 2 amide bonds. The zero-order valence-electron chi connectivity index (χ0n) is 11.3. The Labute approximate surface area is 115 Å². The van der Waals surface area contributed by atoms with Crippen molar-refractivity contribution in [2.45, 2.75) is 32.5 Å². The molecule has 0 heterocycles. The van der Waals surface area contributed by atoms with E-state index in [0.29, 0.717) is 5.69 Å². The highest BCUT2D eigenvalue weighted by Gasteiger charge is 2.28. The fraction of sp³-hybridized carbons (Fsp3) is 0.462. The van der Waals surface area contributed by atoms with Crippen LogP contribution < -0.4 is 15.4 Å². The molecular weight excluding hydrogens is 273 g/mol. The lowest BCUT2D eigenvalue weighted by molar-refractivity contribution is -0.153. The van der Waals surface area contributed by atoms with Crippen molar-refractivity contribution in [2.24, 2.45) is 0 Å². The molecule has 0 saturated heterocycles. The molecule has 0 saturated carbocycles. The summed E-state index contributed by atoms with van der Waals surface area (Å²) in [5, 5.41) is 5.22. The Bertz CT molecular complexity index is 449. The summed E-state index contributed by atoms with van der Waals surface area (Å²) in [4.78, 5) is 11.6. The SMILES string of the molecule is CCC(C)NC(=O)Nc1cccc(OCC(F)(F)F)c1. The van der Waals surface area contributed by atoms with Crippen molar-refractivity contribution < 1.29 is 22.7 Å². The Hall–Kier alpha value is -1.92. The fourth-order valence-electron chi connectivity index (χ4n) is 1.32. The molecule has 0 aromatic heterocycles. The molecule has 2 N–H and O–H groups in total. The van der Waals surface area contributed by atoms with Crippen molar-refractivity contribution in [1.29, 1.82) is 0 Å². The number of hydrogen-bond donors (Lipinski definition) is 2. The van der Waals surface area contributed by atoms with Gasteiger partial charge >= 0.3 is 12.2 Å². The topological polar surface area (TPSA) is 50.4 Å². The fourth-order valence-corrected chi connectivity index (χ4v) is 1.32. The van der Waals surface area contributed by atoms with E-state index in [9.17, 15) is 18.0 Å². The Morgan fingerprint density at radius 1 is 1.40 bits per heavy atom. The van der Waals surface area contributed by atoms with Crippen LogP contribution in [0.1, 0.15) is 20.3 Å². The summed E-state index contributed by atoms with van der Waals surface area (Å²) in [6.07, 6.45) is -3.61. The first-order chi connectivity index (χ1) is 9.30. The van der Waals surface area contributed by atoms with Crippen molar-refractivity contribution in [3.8, 4) is 5.75 Å².